The predicted octanol–water partition coefficient (Wildman–Crippen LogP) is 8.92. The summed E-state index contributed by atoms with van der Waals surface area (Å²) in [5, 5.41) is 13.0. The number of likely N-dealkylation sites (tertiary alicyclic amines) is 1. The number of carboxylic acids is 1. The van der Waals surface area contributed by atoms with Crippen molar-refractivity contribution >= 4 is 22.8 Å². The van der Waals surface area contributed by atoms with Gasteiger partial charge in [0.2, 0.25) is 5.92 Å². The van der Waals surface area contributed by atoms with Crippen molar-refractivity contribution in [2.24, 2.45) is 17.8 Å². The molecule has 3 aliphatic carbocycles. The Balaban J connectivity index is 1.18. The fourth-order valence-electron chi connectivity index (χ4n) is 9.40. The van der Waals surface area contributed by atoms with Crippen LogP contribution in [-0.4, -0.2) is 85.7 Å². The molecule has 3 saturated carbocycles. The van der Waals surface area contributed by atoms with Crippen LogP contribution in [0.25, 0.3) is 22.3 Å². The van der Waals surface area contributed by atoms with E-state index in [1.165, 1.54) is 18.3 Å². The number of amides is 1. The number of carboxylic acid groups (broad SMARTS) is 1. The minimum atomic E-state index is -5.69. The Hall–Kier alpha value is -4.16. The number of halogens is 10. The van der Waals surface area contributed by atoms with Crippen LogP contribution in [0, 0.1) is 17.8 Å². The van der Waals surface area contributed by atoms with Gasteiger partial charge in [0.05, 0.1) is 17.6 Å². The number of fused-ring (bicyclic) bond motifs is 3. The quantitative estimate of drug-likeness (QED) is 0.208. The van der Waals surface area contributed by atoms with Gasteiger partial charge in [0.1, 0.15) is 17.4 Å². The first-order chi connectivity index (χ1) is 26.5. The summed E-state index contributed by atoms with van der Waals surface area (Å²) in [6.45, 7) is 0.283. The number of hydrogen-bond acceptors (Lipinski definition) is 6. The number of carbonyl (C=O) groups excluding carboxylic acids is 1. The molecule has 4 atom stereocenters. The SMILES string of the molecule is CC1CC2CC(C1)C(NC(=O)c1cnc(-c3cn(C4CCC(F)(F)CC4)c4cc(OC5CCN(CC(F)(F)C(F)(F)F)CC5)ccc34)nc1C(F)(F)F)(C(=O)O)C2. The molecule has 7 rings (SSSR count). The highest BCUT2D eigenvalue weighted by molar-refractivity contribution is 6.00. The molecule has 19 heteroatoms. The Kier molecular flexibility index (Phi) is 10.5. The van der Waals surface area contributed by atoms with Gasteiger partial charge in [-0.2, -0.15) is 35.1 Å². The fourth-order valence-corrected chi connectivity index (χ4v) is 9.40. The highest BCUT2D eigenvalue weighted by Crippen LogP contribution is 2.51. The molecule has 4 unspecified atom stereocenters. The van der Waals surface area contributed by atoms with Crippen LogP contribution in [0.15, 0.2) is 30.6 Å². The summed E-state index contributed by atoms with van der Waals surface area (Å²) < 4.78 is 146. The highest BCUT2D eigenvalue weighted by Gasteiger charge is 2.58. The van der Waals surface area contributed by atoms with E-state index in [2.05, 4.69) is 15.3 Å². The van der Waals surface area contributed by atoms with Gasteiger partial charge in [0.15, 0.2) is 11.5 Å². The molecule has 2 aromatic heterocycles. The van der Waals surface area contributed by atoms with Gasteiger partial charge in [-0.1, -0.05) is 6.92 Å². The predicted molar refractivity (Wildman–Crippen MR) is 184 cm³/mol. The molecular weight excluding hydrogens is 780 g/mol. The monoisotopic (exact) mass is 821 g/mol. The lowest BCUT2D eigenvalue weighted by molar-refractivity contribution is -0.287. The van der Waals surface area contributed by atoms with E-state index in [1.807, 2.05) is 6.92 Å². The molecule has 2 N–H and O–H groups in total. The first kappa shape index (κ1) is 41.0. The first-order valence-electron chi connectivity index (χ1n) is 18.9. The second kappa shape index (κ2) is 14.6. The van der Waals surface area contributed by atoms with Gasteiger partial charge < -0.3 is 19.7 Å². The first-order valence-corrected chi connectivity index (χ1v) is 18.9. The van der Waals surface area contributed by atoms with Crippen molar-refractivity contribution < 1.29 is 63.3 Å². The molecule has 4 aliphatic rings. The van der Waals surface area contributed by atoms with Gasteiger partial charge in [-0.3, -0.25) is 9.69 Å². The molecule has 312 valence electrons. The van der Waals surface area contributed by atoms with Crippen LogP contribution in [-0.2, 0) is 11.0 Å². The lowest BCUT2D eigenvalue weighted by Gasteiger charge is -2.34. The Morgan fingerprint density at radius 1 is 0.982 bits per heavy atom. The van der Waals surface area contributed by atoms with Crippen LogP contribution >= 0.6 is 0 Å². The maximum absolute atomic E-state index is 14.7. The lowest BCUT2D eigenvalue weighted by atomic mass is 9.78. The Labute approximate surface area is 320 Å². The average molecular weight is 822 g/mol. The van der Waals surface area contributed by atoms with E-state index in [0.717, 1.165) is 11.3 Å². The van der Waals surface area contributed by atoms with E-state index >= 15 is 0 Å². The number of hydrogen-bond donors (Lipinski definition) is 2. The number of nitrogens with zero attached hydrogens (tertiary/aromatic N) is 4. The zero-order valence-electron chi connectivity index (χ0n) is 30.7. The average Bonchev–Trinajstić information content (AvgIpc) is 3.61. The summed E-state index contributed by atoms with van der Waals surface area (Å²) in [6.07, 6.45) is -7.99. The van der Waals surface area contributed by atoms with E-state index < -0.39 is 96.1 Å². The second-order valence-electron chi connectivity index (χ2n) is 16.3. The maximum Gasteiger partial charge on any atom is 0.454 e. The molecule has 1 aromatic carbocycles. The maximum atomic E-state index is 14.7. The molecule has 3 heterocycles. The molecule has 57 heavy (non-hydrogen) atoms. The molecule has 0 spiro atoms. The topological polar surface area (TPSA) is 110 Å². The number of alkyl halides is 10. The number of ether oxygens (including phenoxy) is 1. The number of carbonyl (C=O) groups is 2. The summed E-state index contributed by atoms with van der Waals surface area (Å²) in [5.41, 5.74) is -3.83. The third-order valence-corrected chi connectivity index (χ3v) is 12.2. The van der Waals surface area contributed by atoms with E-state index in [0.29, 0.717) is 29.9 Å². The summed E-state index contributed by atoms with van der Waals surface area (Å²) in [4.78, 5) is 35.1. The van der Waals surface area contributed by atoms with Gasteiger partial charge in [0.25, 0.3) is 5.91 Å². The summed E-state index contributed by atoms with van der Waals surface area (Å²) in [6, 6.07) is 4.04. The summed E-state index contributed by atoms with van der Waals surface area (Å²) >= 11 is 0. The Morgan fingerprint density at radius 3 is 2.30 bits per heavy atom. The smallest absolute Gasteiger partial charge is 0.454 e. The van der Waals surface area contributed by atoms with Crippen LogP contribution in [0.2, 0.25) is 0 Å². The number of nitrogens with one attached hydrogen (secondary N) is 1. The third-order valence-electron chi connectivity index (χ3n) is 12.2. The normalized spacial score (nSPS) is 26.5. The van der Waals surface area contributed by atoms with Crippen molar-refractivity contribution in [3.05, 3.63) is 41.9 Å². The van der Waals surface area contributed by atoms with Gasteiger partial charge in [0, 0.05) is 61.4 Å². The molecule has 1 saturated heterocycles. The minimum Gasteiger partial charge on any atom is -0.490 e. The second-order valence-corrected chi connectivity index (χ2v) is 16.3. The van der Waals surface area contributed by atoms with E-state index in [-0.39, 0.29) is 68.3 Å². The molecule has 2 bridgehead atoms. The van der Waals surface area contributed by atoms with Crippen molar-refractivity contribution in [3.63, 3.8) is 0 Å². The van der Waals surface area contributed by atoms with Crippen molar-refractivity contribution in [1.82, 2.24) is 24.8 Å². The Bertz CT molecular complexity index is 2000. The molecule has 1 amide bonds. The van der Waals surface area contributed by atoms with Gasteiger partial charge >= 0.3 is 24.2 Å². The van der Waals surface area contributed by atoms with E-state index in [9.17, 15) is 58.6 Å². The molecule has 4 fully saturated rings. The van der Waals surface area contributed by atoms with Crippen LogP contribution < -0.4 is 10.1 Å². The fraction of sp³-hybridized carbons (Fsp3) is 0.632. The van der Waals surface area contributed by atoms with Crippen molar-refractivity contribution in [3.8, 4) is 17.1 Å². The standard InChI is InChI=1S/C38H41F10N5O4/c1-20-12-21-14-22(13-20)35(16-21,33(55)56)51-32(54)27-17-49-31(50-30(27)37(43,44)45)28-18-53(23-4-8-34(39,40)9-5-23)29-15-25(2-3-26(28)29)57-24-6-10-52(11-7-24)19-36(41,42)38(46,47)48/h2-3,15,17-18,20-24H,4-14,16,19H2,1H3,(H,51,54)(H,55,56). The zero-order valence-corrected chi connectivity index (χ0v) is 30.7. The van der Waals surface area contributed by atoms with Crippen molar-refractivity contribution in [2.75, 3.05) is 19.6 Å². The summed E-state index contributed by atoms with van der Waals surface area (Å²) in [7, 11) is 0. The van der Waals surface area contributed by atoms with Gasteiger partial charge in [-0.25, -0.2) is 23.5 Å². The van der Waals surface area contributed by atoms with E-state index in [4.69, 9.17) is 4.74 Å². The molecule has 1 aliphatic heterocycles. The number of aromatic nitrogens is 3. The largest absolute Gasteiger partial charge is 0.490 e. The molecular formula is C38H41F10N5O4. The highest BCUT2D eigenvalue weighted by atomic mass is 19.4. The zero-order chi connectivity index (χ0) is 41.3. The molecule has 3 aromatic rings. The lowest BCUT2D eigenvalue weighted by Crippen LogP contribution is -2.57. The number of aliphatic carboxylic acids is 1. The Morgan fingerprint density at radius 2 is 1.67 bits per heavy atom. The van der Waals surface area contributed by atoms with Gasteiger partial charge in [-0.05, 0) is 81.3 Å². The molecule has 9 nitrogen and oxygen atoms in total. The number of benzene rings is 1. The van der Waals surface area contributed by atoms with Crippen molar-refractivity contribution in [2.45, 2.75) is 113 Å². The minimum absolute atomic E-state index is 0.00462. The van der Waals surface area contributed by atoms with Crippen LogP contribution in [0.3, 0.4) is 0 Å². The molecule has 0 radical (unpaired) electrons. The van der Waals surface area contributed by atoms with E-state index in [1.54, 1.807) is 10.6 Å². The van der Waals surface area contributed by atoms with Crippen LogP contribution in [0.1, 0.15) is 93.2 Å². The number of piperidine rings is 1. The van der Waals surface area contributed by atoms with Crippen LogP contribution in [0.4, 0.5) is 43.9 Å². The summed E-state index contributed by atoms with van der Waals surface area (Å²) in [5.74, 6) is -10.8. The number of rotatable bonds is 9. The van der Waals surface area contributed by atoms with Crippen LogP contribution in [0.5, 0.6) is 5.75 Å². The van der Waals surface area contributed by atoms with Crippen molar-refractivity contribution in [1.29, 1.82) is 0 Å². The third kappa shape index (κ3) is 8.13. The van der Waals surface area contributed by atoms with Gasteiger partial charge in [-0.15, -0.1) is 0 Å².